The molecule has 0 bridgehead atoms. The van der Waals surface area contributed by atoms with Crippen LogP contribution in [0.15, 0.2) is 102 Å². The maximum Gasteiger partial charge on any atom is 0.139 e. The van der Waals surface area contributed by atoms with Crippen molar-refractivity contribution in [2.45, 2.75) is 167 Å². The molecule has 0 heterocycles. The van der Waals surface area contributed by atoms with Crippen LogP contribution in [0.1, 0.15) is 190 Å². The van der Waals surface area contributed by atoms with Crippen molar-refractivity contribution in [1.29, 1.82) is 0 Å². The van der Waals surface area contributed by atoms with Crippen molar-refractivity contribution in [2.75, 3.05) is 0 Å². The van der Waals surface area contributed by atoms with Crippen LogP contribution in [0.2, 0.25) is 0 Å². The van der Waals surface area contributed by atoms with Crippen molar-refractivity contribution in [3.8, 4) is 22.3 Å². The highest BCUT2D eigenvalue weighted by atomic mass is 79.9. The van der Waals surface area contributed by atoms with Gasteiger partial charge in [0, 0.05) is 9.89 Å². The first-order chi connectivity index (χ1) is 27.8. The van der Waals surface area contributed by atoms with Gasteiger partial charge in [0.15, 0.2) is 0 Å². The van der Waals surface area contributed by atoms with Gasteiger partial charge in [-0.1, -0.05) is 227 Å². The third-order valence-corrected chi connectivity index (χ3v) is 14.5. The zero-order valence-electron chi connectivity index (χ0n) is 37.5. The largest absolute Gasteiger partial charge is 0.139 e. The molecule has 0 amide bonds. The quantitative estimate of drug-likeness (QED) is 0.0673. The van der Waals surface area contributed by atoms with E-state index in [1.54, 1.807) is 11.1 Å². The molecule has 0 atom stereocenters. The van der Waals surface area contributed by atoms with Gasteiger partial charge in [-0.25, -0.2) is 0 Å². The summed E-state index contributed by atoms with van der Waals surface area (Å²) in [6.45, 7) is 18.6. The van der Waals surface area contributed by atoms with Crippen molar-refractivity contribution in [3.05, 3.63) is 146 Å². The molecule has 7 rings (SSSR count). The minimum atomic E-state index is -0.467. The molecule has 0 saturated carbocycles. The van der Waals surface area contributed by atoms with E-state index in [9.17, 15) is 0 Å². The maximum absolute atomic E-state index is 3.98. The molecule has 0 unspecified atom stereocenters. The number of benzene rings is 5. The minimum absolute atomic E-state index is 0.0325. The first kappa shape index (κ1) is 42.8. The molecular weight excluding hydrogens is 763 g/mol. The smallest absolute Gasteiger partial charge is 0.0886 e. The Morgan fingerprint density at radius 3 is 1.38 bits per heavy atom. The Labute approximate surface area is 362 Å². The van der Waals surface area contributed by atoms with Crippen LogP contribution in [0.25, 0.3) is 22.3 Å². The van der Waals surface area contributed by atoms with E-state index in [1.807, 2.05) is 0 Å². The Bertz CT molecular complexity index is 2120. The number of halogens is 1. The lowest BCUT2D eigenvalue weighted by atomic mass is 9.66. The van der Waals surface area contributed by atoms with E-state index in [1.165, 1.54) is 151 Å². The normalized spacial score (nSPS) is 14.9. The van der Waals surface area contributed by atoms with Crippen molar-refractivity contribution >= 4 is 29.2 Å². The third-order valence-electron chi connectivity index (χ3n) is 14.0. The second-order valence-corrected chi connectivity index (χ2v) is 21.1. The lowest BCUT2D eigenvalue weighted by Crippen LogP contribution is -2.29. The van der Waals surface area contributed by atoms with Gasteiger partial charge in [0.05, 0.1) is 5.41 Å². The molecule has 5 aromatic carbocycles. The number of fused-ring (bicyclic) bond motifs is 6. The van der Waals surface area contributed by atoms with Crippen LogP contribution in [-0.2, 0) is 21.7 Å². The molecule has 58 heavy (non-hydrogen) atoms. The van der Waals surface area contributed by atoms with Gasteiger partial charge in [-0.3, -0.25) is 0 Å². The van der Waals surface area contributed by atoms with Crippen LogP contribution in [-0.4, -0.2) is 7.85 Å². The van der Waals surface area contributed by atoms with Gasteiger partial charge >= 0.3 is 0 Å². The van der Waals surface area contributed by atoms with E-state index < -0.39 is 5.41 Å². The van der Waals surface area contributed by atoms with Crippen LogP contribution in [0, 0.1) is 0 Å². The molecule has 2 heteroatoms. The Morgan fingerprint density at radius 1 is 0.448 bits per heavy atom. The first-order valence-corrected chi connectivity index (χ1v) is 23.9. The predicted octanol–water partition coefficient (Wildman–Crippen LogP) is 15.4. The highest BCUT2D eigenvalue weighted by Crippen LogP contribution is 2.62. The van der Waals surface area contributed by atoms with Crippen LogP contribution in [0.4, 0.5) is 0 Å². The monoisotopic (exact) mass is 832 g/mol. The van der Waals surface area contributed by atoms with Gasteiger partial charge in [0.25, 0.3) is 0 Å². The summed E-state index contributed by atoms with van der Waals surface area (Å²) in [5, 5.41) is 0. The summed E-state index contributed by atoms with van der Waals surface area (Å²) < 4.78 is 1.13. The lowest BCUT2D eigenvalue weighted by molar-refractivity contribution is 0.398. The maximum atomic E-state index is 3.98. The highest BCUT2D eigenvalue weighted by molar-refractivity contribution is 9.10. The molecular formula is C56H70BBr. The second-order valence-electron chi connectivity index (χ2n) is 20.2. The van der Waals surface area contributed by atoms with Crippen molar-refractivity contribution < 1.29 is 0 Å². The van der Waals surface area contributed by atoms with E-state index in [-0.39, 0.29) is 16.2 Å². The number of unbranched alkanes of at least 4 members (excludes halogenated alkanes) is 10. The zero-order chi connectivity index (χ0) is 41.3. The fraction of sp³-hybridized carbons (Fsp3) is 0.464. The van der Waals surface area contributed by atoms with E-state index in [2.05, 4.69) is 176 Å². The van der Waals surface area contributed by atoms with E-state index in [0.717, 1.165) is 4.47 Å². The zero-order valence-corrected chi connectivity index (χ0v) is 39.1. The van der Waals surface area contributed by atoms with Gasteiger partial charge < -0.3 is 0 Å². The van der Waals surface area contributed by atoms with Gasteiger partial charge in [-0.2, -0.15) is 0 Å². The van der Waals surface area contributed by atoms with Crippen molar-refractivity contribution in [2.24, 2.45) is 0 Å². The van der Waals surface area contributed by atoms with Crippen LogP contribution in [0.3, 0.4) is 0 Å². The molecule has 0 fully saturated rings. The molecule has 5 aromatic rings. The van der Waals surface area contributed by atoms with Gasteiger partial charge in [-0.15, -0.1) is 0 Å². The average molecular weight is 834 g/mol. The molecule has 0 spiro atoms. The number of rotatable bonds is 16. The molecule has 304 valence electrons. The summed E-state index contributed by atoms with van der Waals surface area (Å²) >= 11 is 3.98. The van der Waals surface area contributed by atoms with Gasteiger partial charge in [-0.05, 0) is 115 Å². The lowest BCUT2D eigenvalue weighted by Gasteiger charge is -2.36. The molecule has 0 saturated heterocycles. The van der Waals surface area contributed by atoms with Crippen LogP contribution in [0.5, 0.6) is 0 Å². The Balaban J connectivity index is 1.48. The molecule has 2 aliphatic rings. The topological polar surface area (TPSA) is 0 Å². The number of hydrogen-bond donors (Lipinski definition) is 0. The van der Waals surface area contributed by atoms with E-state index in [4.69, 9.17) is 0 Å². The number of hydrogen-bond acceptors (Lipinski definition) is 0. The Kier molecular flexibility index (Phi) is 12.8. The summed E-state index contributed by atoms with van der Waals surface area (Å²) in [6.07, 6.45) is 18.4. The fourth-order valence-electron chi connectivity index (χ4n) is 10.7. The fourth-order valence-corrected chi connectivity index (χ4v) is 11.1. The summed E-state index contributed by atoms with van der Waals surface area (Å²) in [4.78, 5) is 0. The third kappa shape index (κ3) is 7.98. The van der Waals surface area contributed by atoms with E-state index in [0.29, 0.717) is 0 Å². The summed E-state index contributed by atoms with van der Waals surface area (Å²) in [7, 11) is 2.31. The molecule has 2 aliphatic carbocycles. The van der Waals surface area contributed by atoms with Crippen molar-refractivity contribution in [3.63, 3.8) is 0 Å². The highest BCUT2D eigenvalue weighted by Gasteiger charge is 2.50. The summed E-state index contributed by atoms with van der Waals surface area (Å²) in [5.74, 6) is 0. The van der Waals surface area contributed by atoms with Gasteiger partial charge in [0.1, 0.15) is 7.85 Å². The SMILES string of the molecule is Bc1ccc2c(c1)C(CCCCCCCC)(CCCCCCCC)c1cc3c(cc1-2)C(c1ccc(C(C)(C)C)cc1)(c1ccc(C(C)(C)C)cc1)c1cc(Br)ccc1-3. The molecule has 0 aliphatic heterocycles. The van der Waals surface area contributed by atoms with Crippen LogP contribution < -0.4 is 5.46 Å². The van der Waals surface area contributed by atoms with Crippen molar-refractivity contribution in [1.82, 2.24) is 0 Å². The Hall–Kier alpha value is -3.36. The molecule has 0 N–H and O–H groups in total. The molecule has 0 aromatic heterocycles. The van der Waals surface area contributed by atoms with E-state index >= 15 is 0 Å². The average Bonchev–Trinajstić information content (AvgIpc) is 3.62. The Morgan fingerprint density at radius 2 is 0.862 bits per heavy atom. The van der Waals surface area contributed by atoms with Crippen LogP contribution >= 0.6 is 15.9 Å². The van der Waals surface area contributed by atoms with Gasteiger partial charge in [0.2, 0.25) is 0 Å². The summed E-state index contributed by atoms with van der Waals surface area (Å²) in [5.41, 5.74) is 18.3. The molecule has 0 nitrogen and oxygen atoms in total. The molecule has 0 radical (unpaired) electrons. The standard InChI is InChI=1S/C56H70BBr/c1-9-11-13-15-17-19-33-55(34-20-18-16-14-12-10-2)49-35-43(57)29-31-45(49)47-38-52-48(37-50(47)55)46-32-30-44(58)36-51(46)56(52,41-25-21-39(22-26-41)53(3,4)5)42-27-23-40(24-28-42)54(6,7)8/h21-32,35-38H,9-20,33-34,57H2,1-8H3. The first-order valence-electron chi connectivity index (χ1n) is 23.1. The predicted molar refractivity (Wildman–Crippen MR) is 259 cm³/mol. The second kappa shape index (κ2) is 17.3. The summed E-state index contributed by atoms with van der Waals surface area (Å²) in [6, 6.07) is 39.3. The minimum Gasteiger partial charge on any atom is -0.0886 e.